The summed E-state index contributed by atoms with van der Waals surface area (Å²) in [6.45, 7) is 4.50. The number of hydrogen-bond donors (Lipinski definition) is 1. The maximum atomic E-state index is 13.1. The van der Waals surface area contributed by atoms with Gasteiger partial charge in [-0.25, -0.2) is 4.98 Å². The number of ether oxygens (including phenoxy) is 1. The molecular weight excluding hydrogens is 430 g/mol. The fourth-order valence-corrected chi connectivity index (χ4v) is 4.28. The Bertz CT molecular complexity index is 1230. The number of aliphatic hydroxyl groups is 1. The van der Waals surface area contributed by atoms with Gasteiger partial charge < -0.3 is 19.1 Å². The van der Waals surface area contributed by atoms with Crippen molar-refractivity contribution in [3.8, 4) is 0 Å². The topological polar surface area (TPSA) is 84.1 Å². The lowest BCUT2D eigenvalue weighted by Gasteiger charge is -2.25. The molecule has 166 valence electrons. The Kier molecular flexibility index (Phi) is 6.04. The van der Waals surface area contributed by atoms with Gasteiger partial charge in [0, 0.05) is 31.5 Å². The molecule has 1 aliphatic rings. The van der Waals surface area contributed by atoms with Gasteiger partial charge in [-0.05, 0) is 49.6 Å². The van der Waals surface area contributed by atoms with Crippen LogP contribution in [0.1, 0.15) is 35.0 Å². The van der Waals surface area contributed by atoms with Gasteiger partial charge >= 0.3 is 0 Å². The number of nitrogens with zero attached hydrogens (tertiary/aromatic N) is 3. The summed E-state index contributed by atoms with van der Waals surface area (Å²) in [5, 5.41) is 11.8. The van der Waals surface area contributed by atoms with E-state index < -0.39 is 17.7 Å². The SMILES string of the molecule is COCCCN1C(=O)C(=O)/C(=C(/O)c2nc3c(C)cccn3c2C)C1c1ccc(Cl)cc1. The smallest absolute Gasteiger partial charge is 0.295 e. The molecule has 1 aromatic carbocycles. The number of halogens is 1. The minimum absolute atomic E-state index is 0.0268. The molecule has 3 aromatic rings. The number of likely N-dealkylation sites (tertiary alicyclic amines) is 1. The molecule has 4 rings (SSSR count). The van der Waals surface area contributed by atoms with E-state index in [1.165, 1.54) is 4.90 Å². The molecule has 1 fully saturated rings. The van der Waals surface area contributed by atoms with Crippen LogP contribution in [0.4, 0.5) is 0 Å². The third-order valence-corrected chi connectivity index (χ3v) is 6.03. The Morgan fingerprint density at radius 2 is 1.91 bits per heavy atom. The van der Waals surface area contributed by atoms with Crippen LogP contribution < -0.4 is 0 Å². The van der Waals surface area contributed by atoms with Gasteiger partial charge in [0.2, 0.25) is 0 Å². The van der Waals surface area contributed by atoms with Crippen LogP contribution >= 0.6 is 11.6 Å². The molecule has 0 bridgehead atoms. The predicted octanol–water partition coefficient (Wildman–Crippen LogP) is 4.06. The molecule has 0 saturated carbocycles. The normalized spacial score (nSPS) is 18.1. The molecule has 7 nitrogen and oxygen atoms in total. The van der Waals surface area contributed by atoms with Gasteiger partial charge in [0.1, 0.15) is 11.3 Å². The number of fused-ring (bicyclic) bond motifs is 1. The second kappa shape index (κ2) is 8.76. The number of aryl methyl sites for hydroxylation is 2. The number of carbonyl (C=O) groups is 2. The van der Waals surface area contributed by atoms with Gasteiger partial charge in [-0.15, -0.1) is 0 Å². The highest BCUT2D eigenvalue weighted by Crippen LogP contribution is 2.40. The highest BCUT2D eigenvalue weighted by molar-refractivity contribution is 6.46. The molecule has 1 amide bonds. The van der Waals surface area contributed by atoms with Crippen LogP contribution in [-0.2, 0) is 14.3 Å². The van der Waals surface area contributed by atoms with Crippen molar-refractivity contribution in [1.29, 1.82) is 0 Å². The molecule has 1 N–H and O–H groups in total. The van der Waals surface area contributed by atoms with Crippen LogP contribution in [0.15, 0.2) is 48.2 Å². The number of Topliss-reactive ketones (excluding diaryl/α,β-unsaturated/α-hetero) is 1. The van der Waals surface area contributed by atoms with Gasteiger partial charge in [-0.1, -0.05) is 29.8 Å². The Labute approximate surface area is 190 Å². The number of amides is 1. The maximum absolute atomic E-state index is 13.1. The summed E-state index contributed by atoms with van der Waals surface area (Å²) >= 11 is 6.05. The van der Waals surface area contributed by atoms with Crippen molar-refractivity contribution in [3.63, 3.8) is 0 Å². The molecule has 32 heavy (non-hydrogen) atoms. The van der Waals surface area contributed by atoms with E-state index in [0.29, 0.717) is 41.5 Å². The number of aromatic nitrogens is 2. The fourth-order valence-electron chi connectivity index (χ4n) is 4.16. The zero-order valence-corrected chi connectivity index (χ0v) is 18.9. The third-order valence-electron chi connectivity index (χ3n) is 5.78. The maximum Gasteiger partial charge on any atom is 0.295 e. The summed E-state index contributed by atoms with van der Waals surface area (Å²) < 4.78 is 6.97. The van der Waals surface area contributed by atoms with E-state index in [0.717, 1.165) is 5.56 Å². The van der Waals surface area contributed by atoms with Crippen LogP contribution in [-0.4, -0.2) is 51.3 Å². The van der Waals surface area contributed by atoms with Gasteiger partial charge in [0.25, 0.3) is 11.7 Å². The molecule has 2 aromatic heterocycles. The molecule has 1 atom stereocenters. The zero-order valence-electron chi connectivity index (χ0n) is 18.1. The summed E-state index contributed by atoms with van der Waals surface area (Å²) in [5.41, 5.74) is 3.30. The first-order valence-electron chi connectivity index (χ1n) is 10.3. The van der Waals surface area contributed by atoms with E-state index >= 15 is 0 Å². The summed E-state index contributed by atoms with van der Waals surface area (Å²) in [6.07, 6.45) is 2.40. The molecule has 1 aliphatic heterocycles. The standard InChI is InChI=1S/C24H24ClN3O4/c1-14-6-4-11-27-15(2)19(26-23(14)27)21(29)18-20(16-7-9-17(25)10-8-16)28(12-5-13-32-3)24(31)22(18)30/h4,6-11,20,29H,5,12-13H2,1-3H3/b21-18+. The lowest BCUT2D eigenvalue weighted by Crippen LogP contribution is -2.31. The number of rotatable bonds is 6. The number of methoxy groups -OCH3 is 1. The van der Waals surface area contributed by atoms with Gasteiger partial charge in [-0.3, -0.25) is 9.59 Å². The summed E-state index contributed by atoms with van der Waals surface area (Å²) in [5.74, 6) is -1.66. The second-order valence-electron chi connectivity index (χ2n) is 7.82. The van der Waals surface area contributed by atoms with Crippen molar-refractivity contribution in [3.05, 3.63) is 75.7 Å². The van der Waals surface area contributed by atoms with E-state index in [2.05, 4.69) is 4.98 Å². The Balaban J connectivity index is 1.89. The number of aliphatic hydroxyl groups excluding tert-OH is 1. The van der Waals surface area contributed by atoms with Gasteiger partial charge in [-0.2, -0.15) is 0 Å². The third kappa shape index (κ3) is 3.67. The van der Waals surface area contributed by atoms with Gasteiger partial charge in [0.05, 0.1) is 17.3 Å². The van der Waals surface area contributed by atoms with E-state index in [1.54, 1.807) is 31.4 Å². The quantitative estimate of drug-likeness (QED) is 0.263. The Morgan fingerprint density at radius 1 is 1.19 bits per heavy atom. The van der Waals surface area contributed by atoms with E-state index in [4.69, 9.17) is 16.3 Å². The van der Waals surface area contributed by atoms with Crippen LogP contribution in [0, 0.1) is 13.8 Å². The number of hydrogen-bond acceptors (Lipinski definition) is 5. The molecule has 0 radical (unpaired) electrons. The number of pyridine rings is 1. The average molecular weight is 454 g/mol. The molecule has 3 heterocycles. The molecule has 1 unspecified atom stereocenters. The lowest BCUT2D eigenvalue weighted by molar-refractivity contribution is -0.140. The van der Waals surface area contributed by atoms with Crippen molar-refractivity contribution in [2.24, 2.45) is 0 Å². The fraction of sp³-hybridized carbons (Fsp3) is 0.292. The number of benzene rings is 1. The monoisotopic (exact) mass is 453 g/mol. The molecule has 1 saturated heterocycles. The first kappa shape index (κ1) is 22.0. The largest absolute Gasteiger partial charge is 0.505 e. The van der Waals surface area contributed by atoms with Crippen LogP contribution in [0.5, 0.6) is 0 Å². The van der Waals surface area contributed by atoms with Gasteiger partial charge in [0.15, 0.2) is 5.76 Å². The van der Waals surface area contributed by atoms with E-state index in [1.807, 2.05) is 36.6 Å². The van der Waals surface area contributed by atoms with Crippen molar-refractivity contribution >= 4 is 34.7 Å². The average Bonchev–Trinajstić information content (AvgIpc) is 3.25. The first-order chi connectivity index (χ1) is 15.3. The number of ketones is 1. The summed E-state index contributed by atoms with van der Waals surface area (Å²) in [6, 6.07) is 10.00. The minimum Gasteiger partial charge on any atom is -0.505 e. The van der Waals surface area contributed by atoms with Crippen molar-refractivity contribution < 1.29 is 19.4 Å². The second-order valence-corrected chi connectivity index (χ2v) is 8.26. The molecule has 8 heteroatoms. The Morgan fingerprint density at radius 3 is 2.56 bits per heavy atom. The molecular formula is C24H24ClN3O4. The summed E-state index contributed by atoms with van der Waals surface area (Å²) in [4.78, 5) is 32.1. The van der Waals surface area contributed by atoms with E-state index in [-0.39, 0.29) is 17.0 Å². The first-order valence-corrected chi connectivity index (χ1v) is 10.7. The van der Waals surface area contributed by atoms with Crippen LogP contribution in [0.2, 0.25) is 5.02 Å². The number of carbonyl (C=O) groups excluding carboxylic acids is 2. The Hall–Kier alpha value is -3.16. The van der Waals surface area contributed by atoms with Crippen molar-refractivity contribution in [1.82, 2.24) is 14.3 Å². The highest BCUT2D eigenvalue weighted by atomic mass is 35.5. The van der Waals surface area contributed by atoms with Crippen molar-refractivity contribution in [2.75, 3.05) is 20.3 Å². The number of imidazole rings is 1. The summed E-state index contributed by atoms with van der Waals surface area (Å²) in [7, 11) is 1.58. The minimum atomic E-state index is -0.741. The lowest BCUT2D eigenvalue weighted by atomic mass is 9.96. The molecule has 0 spiro atoms. The zero-order chi connectivity index (χ0) is 23.0. The van der Waals surface area contributed by atoms with Crippen molar-refractivity contribution in [2.45, 2.75) is 26.3 Å². The van der Waals surface area contributed by atoms with Crippen LogP contribution in [0.25, 0.3) is 11.4 Å². The van der Waals surface area contributed by atoms with E-state index in [9.17, 15) is 14.7 Å². The highest BCUT2D eigenvalue weighted by Gasteiger charge is 2.46. The molecule has 0 aliphatic carbocycles. The predicted molar refractivity (Wildman–Crippen MR) is 122 cm³/mol. The van der Waals surface area contributed by atoms with Crippen LogP contribution in [0.3, 0.4) is 0 Å².